The van der Waals surface area contributed by atoms with Crippen LogP contribution in [-0.2, 0) is 0 Å². The number of aliphatic hydroxyl groups excluding tert-OH is 1. The molecule has 2 atom stereocenters. The standard InChI is InChI=1S/C15H26N2O/c1-5-7-10-17(12(3)6-2)15-11-14(13(4)18)8-9-16-15/h8-9,11-13,18H,5-7,10H2,1-4H3. The van der Waals surface area contributed by atoms with Gasteiger partial charge in [-0.15, -0.1) is 0 Å². The third-order valence-electron chi connectivity index (χ3n) is 3.42. The van der Waals surface area contributed by atoms with Crippen molar-refractivity contribution in [3.05, 3.63) is 23.9 Å². The van der Waals surface area contributed by atoms with Gasteiger partial charge in [0, 0.05) is 18.8 Å². The molecule has 0 aliphatic carbocycles. The highest BCUT2D eigenvalue weighted by Gasteiger charge is 2.14. The number of nitrogens with zero attached hydrogens (tertiary/aromatic N) is 2. The van der Waals surface area contributed by atoms with Crippen LogP contribution in [0.1, 0.15) is 58.6 Å². The Morgan fingerprint density at radius 1 is 1.33 bits per heavy atom. The molecule has 2 unspecified atom stereocenters. The molecule has 0 amide bonds. The van der Waals surface area contributed by atoms with Gasteiger partial charge in [0.1, 0.15) is 5.82 Å². The molecule has 1 rings (SSSR count). The maximum Gasteiger partial charge on any atom is 0.129 e. The number of hydrogen-bond donors (Lipinski definition) is 1. The molecule has 102 valence electrons. The minimum absolute atomic E-state index is 0.434. The first-order valence-electron chi connectivity index (χ1n) is 7.00. The smallest absolute Gasteiger partial charge is 0.129 e. The molecule has 3 heteroatoms. The Balaban J connectivity index is 2.93. The van der Waals surface area contributed by atoms with E-state index in [1.807, 2.05) is 12.1 Å². The minimum atomic E-state index is -0.434. The molecule has 0 saturated carbocycles. The first-order chi connectivity index (χ1) is 8.60. The summed E-state index contributed by atoms with van der Waals surface area (Å²) in [7, 11) is 0. The number of pyridine rings is 1. The van der Waals surface area contributed by atoms with Gasteiger partial charge >= 0.3 is 0 Å². The van der Waals surface area contributed by atoms with Crippen LogP contribution in [0.4, 0.5) is 5.82 Å². The molecule has 0 aliphatic rings. The largest absolute Gasteiger partial charge is 0.389 e. The summed E-state index contributed by atoms with van der Waals surface area (Å²) in [5, 5.41) is 9.66. The van der Waals surface area contributed by atoms with Crippen LogP contribution in [0.5, 0.6) is 0 Å². The quantitative estimate of drug-likeness (QED) is 0.804. The molecular weight excluding hydrogens is 224 g/mol. The summed E-state index contributed by atoms with van der Waals surface area (Å²) in [6.07, 6.45) is 4.81. The second-order valence-electron chi connectivity index (χ2n) is 4.93. The average molecular weight is 250 g/mol. The number of aliphatic hydroxyl groups is 1. The molecule has 18 heavy (non-hydrogen) atoms. The zero-order chi connectivity index (χ0) is 13.5. The van der Waals surface area contributed by atoms with E-state index in [0.29, 0.717) is 6.04 Å². The maximum absolute atomic E-state index is 9.66. The van der Waals surface area contributed by atoms with Gasteiger partial charge in [0.15, 0.2) is 0 Å². The maximum atomic E-state index is 9.66. The Labute approximate surface area is 111 Å². The minimum Gasteiger partial charge on any atom is -0.389 e. The van der Waals surface area contributed by atoms with Crippen LogP contribution < -0.4 is 4.90 Å². The summed E-state index contributed by atoms with van der Waals surface area (Å²) in [4.78, 5) is 6.80. The fourth-order valence-corrected chi connectivity index (χ4v) is 1.96. The Hall–Kier alpha value is -1.09. The molecule has 3 nitrogen and oxygen atoms in total. The summed E-state index contributed by atoms with van der Waals surface area (Å²) < 4.78 is 0. The first kappa shape index (κ1) is 15.0. The number of hydrogen-bond acceptors (Lipinski definition) is 3. The lowest BCUT2D eigenvalue weighted by atomic mass is 10.1. The Morgan fingerprint density at radius 2 is 2.06 bits per heavy atom. The van der Waals surface area contributed by atoms with Gasteiger partial charge in [-0.2, -0.15) is 0 Å². The number of rotatable bonds is 7. The molecule has 0 bridgehead atoms. The highest BCUT2D eigenvalue weighted by Crippen LogP contribution is 2.21. The monoisotopic (exact) mass is 250 g/mol. The zero-order valence-electron chi connectivity index (χ0n) is 12.1. The normalized spacial score (nSPS) is 14.3. The molecule has 1 aromatic heterocycles. The van der Waals surface area contributed by atoms with E-state index >= 15 is 0 Å². The van der Waals surface area contributed by atoms with Crippen molar-refractivity contribution in [3.63, 3.8) is 0 Å². The van der Waals surface area contributed by atoms with Crippen LogP contribution in [0.15, 0.2) is 18.3 Å². The van der Waals surface area contributed by atoms with Gasteiger partial charge < -0.3 is 10.0 Å². The van der Waals surface area contributed by atoms with Crippen LogP contribution in [0.25, 0.3) is 0 Å². The van der Waals surface area contributed by atoms with Crippen molar-refractivity contribution in [1.82, 2.24) is 4.98 Å². The summed E-state index contributed by atoms with van der Waals surface area (Å²) in [5.74, 6) is 0.983. The molecular formula is C15H26N2O. The third-order valence-corrected chi connectivity index (χ3v) is 3.42. The predicted molar refractivity (Wildman–Crippen MR) is 76.9 cm³/mol. The lowest BCUT2D eigenvalue weighted by molar-refractivity contribution is 0.199. The second kappa shape index (κ2) is 7.37. The van der Waals surface area contributed by atoms with Gasteiger partial charge in [0.2, 0.25) is 0 Å². The van der Waals surface area contributed by atoms with Gasteiger partial charge in [-0.3, -0.25) is 0 Å². The molecule has 0 fully saturated rings. The van der Waals surface area contributed by atoms with Gasteiger partial charge in [0.25, 0.3) is 0 Å². The topological polar surface area (TPSA) is 36.4 Å². The van der Waals surface area contributed by atoms with Gasteiger partial charge in [-0.05, 0) is 44.4 Å². The van der Waals surface area contributed by atoms with Crippen molar-refractivity contribution in [1.29, 1.82) is 0 Å². The van der Waals surface area contributed by atoms with Crippen LogP contribution in [0.3, 0.4) is 0 Å². The van der Waals surface area contributed by atoms with E-state index < -0.39 is 6.10 Å². The molecule has 0 aromatic carbocycles. The first-order valence-corrected chi connectivity index (χ1v) is 7.00. The van der Waals surface area contributed by atoms with E-state index in [1.165, 1.54) is 12.8 Å². The van der Waals surface area contributed by atoms with E-state index in [9.17, 15) is 5.11 Å². The highest BCUT2D eigenvalue weighted by atomic mass is 16.3. The Kier molecular flexibility index (Phi) is 6.13. The molecule has 0 spiro atoms. The van der Waals surface area contributed by atoms with Crippen molar-refractivity contribution >= 4 is 5.82 Å². The summed E-state index contributed by atoms with van der Waals surface area (Å²) in [5.41, 5.74) is 0.935. The summed E-state index contributed by atoms with van der Waals surface area (Å²) >= 11 is 0. The van der Waals surface area contributed by atoms with E-state index in [-0.39, 0.29) is 0 Å². The van der Waals surface area contributed by atoms with Gasteiger partial charge in [0.05, 0.1) is 6.10 Å². The average Bonchev–Trinajstić information content (AvgIpc) is 2.39. The number of aromatic nitrogens is 1. The molecule has 0 saturated heterocycles. The number of unbranched alkanes of at least 4 members (excludes halogenated alkanes) is 1. The van der Waals surface area contributed by atoms with Crippen LogP contribution >= 0.6 is 0 Å². The van der Waals surface area contributed by atoms with Crippen LogP contribution in [0, 0.1) is 0 Å². The highest BCUT2D eigenvalue weighted by molar-refractivity contribution is 5.42. The lowest BCUT2D eigenvalue weighted by Gasteiger charge is -2.30. The Morgan fingerprint density at radius 3 is 2.61 bits per heavy atom. The molecule has 1 N–H and O–H groups in total. The van der Waals surface area contributed by atoms with Gasteiger partial charge in [-0.1, -0.05) is 20.3 Å². The predicted octanol–water partition coefficient (Wildman–Crippen LogP) is 3.54. The third kappa shape index (κ3) is 3.98. The van der Waals surface area contributed by atoms with E-state index in [0.717, 1.165) is 24.3 Å². The molecule has 0 radical (unpaired) electrons. The fourth-order valence-electron chi connectivity index (χ4n) is 1.96. The van der Waals surface area contributed by atoms with E-state index in [1.54, 1.807) is 13.1 Å². The second-order valence-corrected chi connectivity index (χ2v) is 4.93. The molecule has 0 aliphatic heterocycles. The molecule has 1 aromatic rings. The fraction of sp³-hybridized carbons (Fsp3) is 0.667. The summed E-state index contributed by atoms with van der Waals surface area (Å²) in [6, 6.07) is 4.36. The summed E-state index contributed by atoms with van der Waals surface area (Å²) in [6.45, 7) is 9.45. The van der Waals surface area contributed by atoms with E-state index in [4.69, 9.17) is 0 Å². The van der Waals surface area contributed by atoms with Crippen molar-refractivity contribution in [2.24, 2.45) is 0 Å². The van der Waals surface area contributed by atoms with Crippen molar-refractivity contribution in [3.8, 4) is 0 Å². The van der Waals surface area contributed by atoms with Crippen molar-refractivity contribution in [2.75, 3.05) is 11.4 Å². The van der Waals surface area contributed by atoms with E-state index in [2.05, 4.69) is 30.7 Å². The van der Waals surface area contributed by atoms with Crippen molar-refractivity contribution in [2.45, 2.75) is 59.1 Å². The lowest BCUT2D eigenvalue weighted by Crippen LogP contribution is -2.34. The van der Waals surface area contributed by atoms with Crippen LogP contribution in [-0.4, -0.2) is 22.7 Å². The van der Waals surface area contributed by atoms with Crippen molar-refractivity contribution < 1.29 is 5.11 Å². The number of anilines is 1. The SMILES string of the molecule is CCCCN(c1cc(C(C)O)ccn1)C(C)CC. The van der Waals surface area contributed by atoms with Gasteiger partial charge in [-0.25, -0.2) is 4.98 Å². The molecule has 1 heterocycles. The zero-order valence-corrected chi connectivity index (χ0v) is 12.1. The van der Waals surface area contributed by atoms with Crippen LogP contribution in [0.2, 0.25) is 0 Å². The Bertz CT molecular complexity index is 352.